The molecule has 3 aromatic rings. The lowest BCUT2D eigenvalue weighted by atomic mass is 9.94. The molecule has 0 bridgehead atoms. The van der Waals surface area contributed by atoms with Crippen molar-refractivity contribution < 1.29 is 38.7 Å². The van der Waals surface area contributed by atoms with Gasteiger partial charge < -0.3 is 34.1 Å². The number of ether oxygens (including phenoxy) is 4. The maximum absolute atomic E-state index is 13.5. The second-order valence-electron chi connectivity index (χ2n) is 8.59. The first-order valence-corrected chi connectivity index (χ1v) is 12.4. The molecule has 9 nitrogen and oxygen atoms in total. The SMILES string of the molecule is CCOc1cc(C2/C(=C(\O)c3cc(OC)c(Cl)cc3OC)C(=O)C(=O)N2Cc2ccccc2OC)ccc1O. The monoisotopic (exact) mass is 553 g/mol. The molecule has 10 heteroatoms. The maximum atomic E-state index is 13.5. The molecule has 1 saturated heterocycles. The highest BCUT2D eigenvalue weighted by Gasteiger charge is 2.47. The van der Waals surface area contributed by atoms with Crippen LogP contribution in [0.25, 0.3) is 5.76 Å². The van der Waals surface area contributed by atoms with Crippen LogP contribution in [0.5, 0.6) is 28.7 Å². The lowest BCUT2D eigenvalue weighted by Gasteiger charge is -2.26. The normalized spacial score (nSPS) is 16.3. The Hall–Kier alpha value is -4.37. The lowest BCUT2D eigenvalue weighted by Crippen LogP contribution is -2.29. The van der Waals surface area contributed by atoms with Crippen molar-refractivity contribution in [1.82, 2.24) is 4.90 Å². The molecular formula is C29H28ClNO8. The number of aromatic hydroxyl groups is 1. The van der Waals surface area contributed by atoms with Crippen LogP contribution in [0.15, 0.2) is 60.2 Å². The Morgan fingerprint density at radius 3 is 2.28 bits per heavy atom. The maximum Gasteiger partial charge on any atom is 0.295 e. The van der Waals surface area contributed by atoms with Crippen LogP contribution in [0.4, 0.5) is 0 Å². The van der Waals surface area contributed by atoms with Gasteiger partial charge in [0.1, 0.15) is 23.0 Å². The van der Waals surface area contributed by atoms with E-state index < -0.39 is 23.5 Å². The van der Waals surface area contributed by atoms with Crippen molar-refractivity contribution >= 4 is 29.1 Å². The molecular weight excluding hydrogens is 526 g/mol. The van der Waals surface area contributed by atoms with Crippen LogP contribution in [0.2, 0.25) is 5.02 Å². The number of para-hydroxylation sites is 1. The molecule has 204 valence electrons. The Morgan fingerprint density at radius 2 is 1.62 bits per heavy atom. The molecule has 0 spiro atoms. The fourth-order valence-corrected chi connectivity index (χ4v) is 4.80. The summed E-state index contributed by atoms with van der Waals surface area (Å²) in [6.07, 6.45) is 0. The summed E-state index contributed by atoms with van der Waals surface area (Å²) >= 11 is 6.24. The van der Waals surface area contributed by atoms with Crippen molar-refractivity contribution in [3.63, 3.8) is 0 Å². The first-order chi connectivity index (χ1) is 18.7. The zero-order chi connectivity index (χ0) is 28.3. The number of halogens is 1. The third-order valence-corrected chi connectivity index (χ3v) is 6.70. The van der Waals surface area contributed by atoms with E-state index >= 15 is 0 Å². The van der Waals surface area contributed by atoms with E-state index in [1.807, 2.05) is 0 Å². The van der Waals surface area contributed by atoms with Gasteiger partial charge in [-0.05, 0) is 36.8 Å². The van der Waals surface area contributed by atoms with E-state index in [2.05, 4.69) is 0 Å². The minimum absolute atomic E-state index is 0.00194. The van der Waals surface area contributed by atoms with E-state index in [0.717, 1.165) is 0 Å². The summed E-state index contributed by atoms with van der Waals surface area (Å²) in [6, 6.07) is 13.5. The summed E-state index contributed by atoms with van der Waals surface area (Å²) in [5, 5.41) is 22.1. The van der Waals surface area contributed by atoms with Crippen LogP contribution in [0, 0.1) is 0 Å². The predicted octanol–water partition coefficient (Wildman–Crippen LogP) is 5.09. The van der Waals surface area contributed by atoms with E-state index in [0.29, 0.717) is 16.9 Å². The number of aliphatic hydroxyl groups is 1. The van der Waals surface area contributed by atoms with Gasteiger partial charge in [0.15, 0.2) is 11.5 Å². The average molecular weight is 554 g/mol. The van der Waals surface area contributed by atoms with Crippen molar-refractivity contribution in [2.45, 2.75) is 19.5 Å². The van der Waals surface area contributed by atoms with E-state index in [9.17, 15) is 19.8 Å². The summed E-state index contributed by atoms with van der Waals surface area (Å²) in [7, 11) is 4.31. The minimum atomic E-state index is -1.04. The standard InChI is InChI=1S/C29H28ClNO8/c1-5-39-24-12-16(10-11-20(24)32)26-25(27(33)18-13-23(38-4)19(30)14-22(18)37-3)28(34)29(35)31(26)15-17-8-6-7-9-21(17)36-2/h6-14,26,32-33H,5,15H2,1-4H3/b27-25+. The van der Waals surface area contributed by atoms with Gasteiger partial charge in [-0.2, -0.15) is 0 Å². The van der Waals surface area contributed by atoms with Crippen LogP contribution in [-0.4, -0.2) is 54.7 Å². The fourth-order valence-electron chi connectivity index (χ4n) is 4.57. The number of phenolic OH excluding ortho intramolecular Hbond substituents is 1. The van der Waals surface area contributed by atoms with Crippen molar-refractivity contribution in [2.24, 2.45) is 0 Å². The first kappa shape index (κ1) is 27.7. The molecule has 0 aliphatic carbocycles. The topological polar surface area (TPSA) is 115 Å². The number of likely N-dealkylation sites (tertiary alicyclic amines) is 1. The molecule has 2 N–H and O–H groups in total. The summed E-state index contributed by atoms with van der Waals surface area (Å²) in [6.45, 7) is 2.04. The van der Waals surface area contributed by atoms with Gasteiger partial charge >= 0.3 is 0 Å². The molecule has 0 aromatic heterocycles. The van der Waals surface area contributed by atoms with Crippen LogP contribution >= 0.6 is 11.6 Å². The molecule has 0 radical (unpaired) electrons. The predicted molar refractivity (Wildman–Crippen MR) is 145 cm³/mol. The Kier molecular flexibility index (Phi) is 8.21. The Morgan fingerprint density at radius 1 is 0.923 bits per heavy atom. The summed E-state index contributed by atoms with van der Waals surface area (Å²) < 4.78 is 21.7. The second kappa shape index (κ2) is 11.6. The quantitative estimate of drug-likeness (QED) is 0.214. The summed E-state index contributed by atoms with van der Waals surface area (Å²) in [5.41, 5.74) is 1.03. The molecule has 1 aliphatic rings. The number of carbonyl (C=O) groups is 2. The number of aliphatic hydroxyl groups excluding tert-OH is 1. The molecule has 1 fully saturated rings. The van der Waals surface area contributed by atoms with Crippen LogP contribution in [0.1, 0.15) is 29.7 Å². The summed E-state index contributed by atoms with van der Waals surface area (Å²) in [4.78, 5) is 28.4. The Balaban J connectivity index is 1.96. The average Bonchev–Trinajstić information content (AvgIpc) is 3.19. The van der Waals surface area contributed by atoms with Crippen molar-refractivity contribution in [2.75, 3.05) is 27.9 Å². The van der Waals surface area contributed by atoms with Gasteiger partial charge in [0.2, 0.25) is 0 Å². The van der Waals surface area contributed by atoms with Crippen LogP contribution in [-0.2, 0) is 16.1 Å². The number of hydrogen-bond donors (Lipinski definition) is 2. The number of amides is 1. The zero-order valence-electron chi connectivity index (χ0n) is 21.9. The van der Waals surface area contributed by atoms with Gasteiger partial charge in [0, 0.05) is 11.6 Å². The molecule has 1 unspecified atom stereocenters. The zero-order valence-corrected chi connectivity index (χ0v) is 22.6. The summed E-state index contributed by atoms with van der Waals surface area (Å²) in [5.74, 6) is -1.18. The van der Waals surface area contributed by atoms with Gasteiger partial charge in [-0.25, -0.2) is 0 Å². The second-order valence-corrected chi connectivity index (χ2v) is 8.99. The van der Waals surface area contributed by atoms with Gasteiger partial charge in [0.25, 0.3) is 11.7 Å². The molecule has 1 aliphatic heterocycles. The molecule has 0 saturated carbocycles. The third-order valence-electron chi connectivity index (χ3n) is 6.40. The molecule has 3 aromatic carbocycles. The number of ketones is 1. The van der Waals surface area contributed by atoms with E-state index in [1.54, 1.807) is 37.3 Å². The lowest BCUT2D eigenvalue weighted by molar-refractivity contribution is -0.140. The minimum Gasteiger partial charge on any atom is -0.507 e. The number of hydrogen-bond acceptors (Lipinski definition) is 8. The van der Waals surface area contributed by atoms with Crippen molar-refractivity contribution in [3.8, 4) is 28.7 Å². The van der Waals surface area contributed by atoms with E-state index in [4.69, 9.17) is 30.5 Å². The largest absolute Gasteiger partial charge is 0.507 e. The molecule has 4 rings (SSSR count). The molecule has 39 heavy (non-hydrogen) atoms. The van der Waals surface area contributed by atoms with Crippen molar-refractivity contribution in [3.05, 3.63) is 81.9 Å². The van der Waals surface area contributed by atoms with Crippen LogP contribution in [0.3, 0.4) is 0 Å². The number of methoxy groups -OCH3 is 3. The van der Waals surface area contributed by atoms with Gasteiger partial charge in [-0.1, -0.05) is 35.9 Å². The van der Waals surface area contributed by atoms with Gasteiger partial charge in [0.05, 0.1) is 56.7 Å². The van der Waals surface area contributed by atoms with Crippen molar-refractivity contribution in [1.29, 1.82) is 0 Å². The number of Topliss-reactive ketones (excluding diaryl/α,β-unsaturated/α-hetero) is 1. The van der Waals surface area contributed by atoms with E-state index in [1.165, 1.54) is 50.5 Å². The molecule has 1 heterocycles. The number of phenols is 1. The van der Waals surface area contributed by atoms with Gasteiger partial charge in [-0.15, -0.1) is 0 Å². The Bertz CT molecular complexity index is 1450. The highest BCUT2D eigenvalue weighted by atomic mass is 35.5. The number of carbonyl (C=O) groups excluding carboxylic acids is 2. The molecule has 1 amide bonds. The third kappa shape index (κ3) is 5.18. The molecule has 1 atom stereocenters. The van der Waals surface area contributed by atoms with Crippen LogP contribution < -0.4 is 18.9 Å². The first-order valence-electron chi connectivity index (χ1n) is 12.0. The van der Waals surface area contributed by atoms with E-state index in [-0.39, 0.29) is 52.3 Å². The smallest absolute Gasteiger partial charge is 0.295 e. The Labute approximate surface area is 230 Å². The number of benzene rings is 3. The highest BCUT2D eigenvalue weighted by Crippen LogP contribution is 2.45. The number of nitrogens with zero attached hydrogens (tertiary/aromatic N) is 1. The highest BCUT2D eigenvalue weighted by molar-refractivity contribution is 6.46. The van der Waals surface area contributed by atoms with Gasteiger partial charge in [-0.3, -0.25) is 9.59 Å². The fraction of sp³-hybridized carbons (Fsp3) is 0.241. The number of rotatable bonds is 9.